The van der Waals surface area contributed by atoms with Gasteiger partial charge in [0.25, 0.3) is 0 Å². The first-order chi connectivity index (χ1) is 11.3. The molecule has 0 fully saturated rings. The lowest BCUT2D eigenvalue weighted by Gasteiger charge is -2.18. The smallest absolute Gasteiger partial charge is 0.242 e. The van der Waals surface area contributed by atoms with Crippen molar-refractivity contribution >= 4 is 16.9 Å². The van der Waals surface area contributed by atoms with Crippen LogP contribution in [-0.2, 0) is 11.3 Å². The zero-order valence-electron chi connectivity index (χ0n) is 13.1. The topological polar surface area (TPSA) is 59.8 Å². The number of fused-ring (bicyclic) bond motifs is 1. The van der Waals surface area contributed by atoms with Crippen LogP contribution in [0.1, 0.15) is 31.4 Å². The van der Waals surface area contributed by atoms with Crippen molar-refractivity contribution < 1.29 is 4.79 Å². The second-order valence-corrected chi connectivity index (χ2v) is 5.56. The maximum atomic E-state index is 12.4. The minimum atomic E-state index is -0.0528. The number of benzene rings is 2. The van der Waals surface area contributed by atoms with Crippen LogP contribution in [-0.4, -0.2) is 20.9 Å². The van der Waals surface area contributed by atoms with E-state index >= 15 is 0 Å². The number of aromatic nitrogens is 3. The number of carbonyl (C=O) groups is 1. The summed E-state index contributed by atoms with van der Waals surface area (Å²) in [6, 6.07) is 17.7. The standard InChI is InChI=1S/C18H20N4O/c1-2-8-15(14-9-4-3-5-10-14)19-18(23)13-22-17-12-7-6-11-16(17)20-21-22/h3-7,9-12,15H,2,8,13H2,1H3,(H,19,23)/t15-/m1/s1. The monoisotopic (exact) mass is 308 g/mol. The third kappa shape index (κ3) is 3.56. The van der Waals surface area contributed by atoms with E-state index in [0.29, 0.717) is 0 Å². The van der Waals surface area contributed by atoms with Crippen molar-refractivity contribution in [2.24, 2.45) is 0 Å². The third-order valence-corrected chi connectivity index (χ3v) is 3.83. The molecule has 0 saturated heterocycles. The van der Waals surface area contributed by atoms with Crippen LogP contribution in [0.25, 0.3) is 11.0 Å². The zero-order valence-corrected chi connectivity index (χ0v) is 13.1. The minimum Gasteiger partial charge on any atom is -0.348 e. The van der Waals surface area contributed by atoms with Crippen LogP contribution in [0.2, 0.25) is 0 Å². The second-order valence-electron chi connectivity index (χ2n) is 5.56. The highest BCUT2D eigenvalue weighted by Crippen LogP contribution is 2.18. The van der Waals surface area contributed by atoms with E-state index < -0.39 is 0 Å². The summed E-state index contributed by atoms with van der Waals surface area (Å²) in [5.41, 5.74) is 2.80. The Morgan fingerprint density at radius 2 is 1.87 bits per heavy atom. The van der Waals surface area contributed by atoms with Crippen molar-refractivity contribution in [1.29, 1.82) is 0 Å². The molecule has 5 nitrogen and oxygen atoms in total. The molecule has 0 aliphatic rings. The van der Waals surface area contributed by atoms with Crippen molar-refractivity contribution in [1.82, 2.24) is 20.3 Å². The van der Waals surface area contributed by atoms with E-state index in [0.717, 1.165) is 29.4 Å². The molecule has 2 aromatic carbocycles. The molecule has 0 radical (unpaired) electrons. The van der Waals surface area contributed by atoms with E-state index in [9.17, 15) is 4.79 Å². The van der Waals surface area contributed by atoms with Gasteiger partial charge in [-0.1, -0.05) is 61.0 Å². The largest absolute Gasteiger partial charge is 0.348 e. The first-order valence-corrected chi connectivity index (χ1v) is 7.90. The Kier molecular flexibility index (Phi) is 4.66. The number of nitrogens with one attached hydrogen (secondary N) is 1. The van der Waals surface area contributed by atoms with E-state index in [4.69, 9.17) is 0 Å². The Morgan fingerprint density at radius 1 is 1.13 bits per heavy atom. The van der Waals surface area contributed by atoms with Gasteiger partial charge in [-0.05, 0) is 24.1 Å². The van der Waals surface area contributed by atoms with Crippen molar-refractivity contribution in [2.75, 3.05) is 0 Å². The van der Waals surface area contributed by atoms with Gasteiger partial charge in [-0.2, -0.15) is 0 Å². The predicted octanol–water partition coefficient (Wildman–Crippen LogP) is 3.09. The minimum absolute atomic E-state index is 0.0310. The first kappa shape index (κ1) is 15.2. The predicted molar refractivity (Wildman–Crippen MR) is 89.8 cm³/mol. The molecule has 1 amide bonds. The summed E-state index contributed by atoms with van der Waals surface area (Å²) in [6.07, 6.45) is 1.92. The van der Waals surface area contributed by atoms with Gasteiger partial charge in [0.1, 0.15) is 12.1 Å². The number of para-hydroxylation sites is 1. The molecule has 0 spiro atoms. The van der Waals surface area contributed by atoms with Crippen LogP contribution in [0.4, 0.5) is 0 Å². The number of hydrogen-bond donors (Lipinski definition) is 1. The molecule has 1 atom stereocenters. The summed E-state index contributed by atoms with van der Waals surface area (Å²) in [7, 11) is 0. The van der Waals surface area contributed by atoms with E-state index in [1.807, 2.05) is 54.6 Å². The Labute approximate surface area is 135 Å². The van der Waals surface area contributed by atoms with E-state index in [2.05, 4.69) is 22.6 Å². The van der Waals surface area contributed by atoms with Gasteiger partial charge in [-0.3, -0.25) is 4.79 Å². The Balaban J connectivity index is 1.72. The molecule has 1 N–H and O–H groups in total. The van der Waals surface area contributed by atoms with Crippen LogP contribution >= 0.6 is 0 Å². The lowest BCUT2D eigenvalue weighted by molar-refractivity contribution is -0.122. The molecule has 1 aromatic heterocycles. The Morgan fingerprint density at radius 3 is 2.65 bits per heavy atom. The molecular formula is C18H20N4O. The summed E-state index contributed by atoms with van der Waals surface area (Å²) in [6.45, 7) is 2.29. The van der Waals surface area contributed by atoms with Crippen molar-refractivity contribution in [3.05, 3.63) is 60.2 Å². The Bertz CT molecular complexity index is 782. The molecule has 5 heteroatoms. The van der Waals surface area contributed by atoms with Crippen LogP contribution in [0, 0.1) is 0 Å². The van der Waals surface area contributed by atoms with Gasteiger partial charge in [0.05, 0.1) is 11.6 Å². The molecule has 0 saturated carbocycles. The van der Waals surface area contributed by atoms with E-state index in [-0.39, 0.29) is 18.5 Å². The lowest BCUT2D eigenvalue weighted by Crippen LogP contribution is -2.31. The van der Waals surface area contributed by atoms with Gasteiger partial charge in [-0.15, -0.1) is 5.10 Å². The highest BCUT2D eigenvalue weighted by atomic mass is 16.2. The van der Waals surface area contributed by atoms with Gasteiger partial charge < -0.3 is 5.32 Å². The van der Waals surface area contributed by atoms with Gasteiger partial charge in [0.2, 0.25) is 5.91 Å². The highest BCUT2D eigenvalue weighted by Gasteiger charge is 2.15. The molecule has 118 valence electrons. The number of amides is 1. The van der Waals surface area contributed by atoms with E-state index in [1.165, 1.54) is 0 Å². The molecule has 0 aliphatic carbocycles. The van der Waals surface area contributed by atoms with Gasteiger partial charge in [0.15, 0.2) is 0 Å². The molecule has 23 heavy (non-hydrogen) atoms. The van der Waals surface area contributed by atoms with Crippen molar-refractivity contribution in [3.63, 3.8) is 0 Å². The molecule has 0 unspecified atom stereocenters. The normalized spacial score (nSPS) is 12.2. The third-order valence-electron chi connectivity index (χ3n) is 3.83. The van der Waals surface area contributed by atoms with Gasteiger partial charge >= 0.3 is 0 Å². The average molecular weight is 308 g/mol. The molecule has 0 bridgehead atoms. The fraction of sp³-hybridized carbons (Fsp3) is 0.278. The fourth-order valence-electron chi connectivity index (χ4n) is 2.71. The Hall–Kier alpha value is -2.69. The number of hydrogen-bond acceptors (Lipinski definition) is 3. The van der Waals surface area contributed by atoms with Crippen LogP contribution in [0.5, 0.6) is 0 Å². The zero-order chi connectivity index (χ0) is 16.1. The number of nitrogens with zero attached hydrogens (tertiary/aromatic N) is 3. The van der Waals surface area contributed by atoms with Gasteiger partial charge in [-0.25, -0.2) is 4.68 Å². The maximum Gasteiger partial charge on any atom is 0.242 e. The van der Waals surface area contributed by atoms with Crippen LogP contribution in [0.3, 0.4) is 0 Å². The van der Waals surface area contributed by atoms with Crippen LogP contribution < -0.4 is 5.32 Å². The molecule has 3 aromatic rings. The quantitative estimate of drug-likeness (QED) is 0.761. The summed E-state index contributed by atoms with van der Waals surface area (Å²) in [4.78, 5) is 12.4. The second kappa shape index (κ2) is 7.05. The summed E-state index contributed by atoms with van der Waals surface area (Å²) in [5.74, 6) is -0.0528. The molecule has 0 aliphatic heterocycles. The average Bonchev–Trinajstić information content (AvgIpc) is 2.98. The first-order valence-electron chi connectivity index (χ1n) is 7.90. The van der Waals surface area contributed by atoms with Crippen molar-refractivity contribution in [3.8, 4) is 0 Å². The van der Waals surface area contributed by atoms with Gasteiger partial charge in [0, 0.05) is 0 Å². The van der Waals surface area contributed by atoms with E-state index in [1.54, 1.807) is 4.68 Å². The SMILES string of the molecule is CCC[C@@H](NC(=O)Cn1nnc2ccccc21)c1ccccc1. The highest BCUT2D eigenvalue weighted by molar-refractivity contribution is 5.80. The molecular weight excluding hydrogens is 288 g/mol. The molecule has 1 heterocycles. The maximum absolute atomic E-state index is 12.4. The lowest BCUT2D eigenvalue weighted by atomic mass is 10.0. The summed E-state index contributed by atoms with van der Waals surface area (Å²) >= 11 is 0. The summed E-state index contributed by atoms with van der Waals surface area (Å²) < 4.78 is 1.64. The molecule has 3 rings (SSSR count). The van der Waals surface area contributed by atoms with Crippen LogP contribution in [0.15, 0.2) is 54.6 Å². The summed E-state index contributed by atoms with van der Waals surface area (Å²) in [5, 5.41) is 11.3. The van der Waals surface area contributed by atoms with Crippen molar-refractivity contribution in [2.45, 2.75) is 32.4 Å². The number of carbonyl (C=O) groups excluding carboxylic acids is 1. The number of rotatable bonds is 6. The fourth-order valence-corrected chi connectivity index (χ4v) is 2.71.